The maximum Gasteiger partial charge on any atom is 0.308 e. The van der Waals surface area contributed by atoms with Crippen molar-refractivity contribution in [2.24, 2.45) is 5.92 Å². The van der Waals surface area contributed by atoms with Gasteiger partial charge in [0.2, 0.25) is 0 Å². The Labute approximate surface area is 100 Å². The molecule has 0 spiro atoms. The molecule has 0 N–H and O–H groups in total. The fourth-order valence-corrected chi connectivity index (χ4v) is 1.78. The van der Waals surface area contributed by atoms with Crippen LogP contribution in [0.2, 0.25) is 0 Å². The molecule has 1 unspecified atom stereocenters. The number of methoxy groups -OCH3 is 1. The van der Waals surface area contributed by atoms with E-state index in [4.69, 9.17) is 4.74 Å². The van der Waals surface area contributed by atoms with Gasteiger partial charge in [-0.15, -0.1) is 0 Å². The lowest BCUT2D eigenvalue weighted by Crippen LogP contribution is -2.15. The highest BCUT2D eigenvalue weighted by Crippen LogP contribution is 2.16. The molecule has 1 atom stereocenters. The standard InChI is InChI=1S/C14H26O2/c1-4-6-7-8-9-10-12-13(11-5-2)14(15)16-3/h7-8,13H,4-6,9-12H2,1-3H3. The van der Waals surface area contributed by atoms with Gasteiger partial charge in [-0.05, 0) is 32.1 Å². The quantitative estimate of drug-likeness (QED) is 0.336. The second-order valence-electron chi connectivity index (χ2n) is 4.20. The Bertz CT molecular complexity index is 197. The van der Waals surface area contributed by atoms with Gasteiger partial charge in [0.05, 0.1) is 13.0 Å². The van der Waals surface area contributed by atoms with Gasteiger partial charge in [0.25, 0.3) is 0 Å². The predicted octanol–water partition coefficient (Wildman–Crippen LogP) is 4.10. The first-order valence-corrected chi connectivity index (χ1v) is 6.49. The van der Waals surface area contributed by atoms with Crippen LogP contribution < -0.4 is 0 Å². The summed E-state index contributed by atoms with van der Waals surface area (Å²) in [6.45, 7) is 4.29. The molecular weight excluding hydrogens is 200 g/mol. The predicted molar refractivity (Wildman–Crippen MR) is 68.3 cm³/mol. The highest BCUT2D eigenvalue weighted by Gasteiger charge is 2.16. The van der Waals surface area contributed by atoms with Crippen LogP contribution in [0, 0.1) is 5.92 Å². The van der Waals surface area contributed by atoms with Gasteiger partial charge in [-0.1, -0.05) is 38.8 Å². The van der Waals surface area contributed by atoms with Crippen LogP contribution in [0.25, 0.3) is 0 Å². The third-order valence-electron chi connectivity index (χ3n) is 2.72. The van der Waals surface area contributed by atoms with E-state index in [0.717, 1.165) is 38.5 Å². The normalized spacial score (nSPS) is 12.9. The molecule has 0 aliphatic heterocycles. The summed E-state index contributed by atoms with van der Waals surface area (Å²) in [5, 5.41) is 0. The Morgan fingerprint density at radius 3 is 2.38 bits per heavy atom. The summed E-state index contributed by atoms with van der Waals surface area (Å²) in [5.41, 5.74) is 0. The molecule has 2 heteroatoms. The lowest BCUT2D eigenvalue weighted by molar-refractivity contribution is -0.146. The number of esters is 1. The van der Waals surface area contributed by atoms with Gasteiger partial charge in [0.15, 0.2) is 0 Å². The minimum absolute atomic E-state index is 0.0422. The van der Waals surface area contributed by atoms with Crippen molar-refractivity contribution >= 4 is 5.97 Å². The van der Waals surface area contributed by atoms with Gasteiger partial charge in [-0.3, -0.25) is 4.79 Å². The lowest BCUT2D eigenvalue weighted by Gasteiger charge is -2.12. The SMILES string of the molecule is CCCC=CCCCC(CCC)C(=O)OC. The molecule has 0 saturated carbocycles. The van der Waals surface area contributed by atoms with Gasteiger partial charge in [0, 0.05) is 0 Å². The first kappa shape index (κ1) is 15.2. The highest BCUT2D eigenvalue weighted by molar-refractivity contribution is 5.72. The van der Waals surface area contributed by atoms with E-state index in [-0.39, 0.29) is 11.9 Å². The van der Waals surface area contributed by atoms with Gasteiger partial charge >= 0.3 is 5.97 Å². The Kier molecular flexibility index (Phi) is 10.2. The number of carbonyl (C=O) groups is 1. The van der Waals surface area contributed by atoms with Crippen LogP contribution in [0.3, 0.4) is 0 Å². The van der Waals surface area contributed by atoms with Crippen molar-refractivity contribution in [3.63, 3.8) is 0 Å². The maximum absolute atomic E-state index is 11.4. The molecule has 0 aromatic rings. The zero-order chi connectivity index (χ0) is 12.2. The number of allylic oxidation sites excluding steroid dienone is 2. The van der Waals surface area contributed by atoms with Crippen LogP contribution in [0.1, 0.15) is 58.8 Å². The van der Waals surface area contributed by atoms with Crippen molar-refractivity contribution in [3.8, 4) is 0 Å². The van der Waals surface area contributed by atoms with E-state index in [1.807, 2.05) is 0 Å². The molecule has 0 radical (unpaired) electrons. The van der Waals surface area contributed by atoms with Crippen LogP contribution in [-0.2, 0) is 9.53 Å². The van der Waals surface area contributed by atoms with Crippen molar-refractivity contribution in [3.05, 3.63) is 12.2 Å². The second-order valence-corrected chi connectivity index (χ2v) is 4.20. The summed E-state index contributed by atoms with van der Waals surface area (Å²) < 4.78 is 4.80. The van der Waals surface area contributed by atoms with Gasteiger partial charge in [-0.2, -0.15) is 0 Å². The van der Waals surface area contributed by atoms with Crippen LogP contribution >= 0.6 is 0 Å². The van der Waals surface area contributed by atoms with Crippen LogP contribution in [0.5, 0.6) is 0 Å². The van der Waals surface area contributed by atoms with Gasteiger partial charge in [-0.25, -0.2) is 0 Å². The number of ether oxygens (including phenoxy) is 1. The van der Waals surface area contributed by atoms with Gasteiger partial charge in [0.1, 0.15) is 0 Å². The first-order chi connectivity index (χ1) is 7.76. The fraction of sp³-hybridized carbons (Fsp3) is 0.786. The minimum Gasteiger partial charge on any atom is -0.469 e. The first-order valence-electron chi connectivity index (χ1n) is 6.49. The summed E-state index contributed by atoms with van der Waals surface area (Å²) in [5.74, 6) is 0.0639. The Morgan fingerprint density at radius 2 is 1.81 bits per heavy atom. The van der Waals surface area contributed by atoms with E-state index in [2.05, 4.69) is 26.0 Å². The Morgan fingerprint density at radius 1 is 1.12 bits per heavy atom. The Balaban J connectivity index is 3.71. The van der Waals surface area contributed by atoms with Gasteiger partial charge < -0.3 is 4.74 Å². The van der Waals surface area contributed by atoms with E-state index < -0.39 is 0 Å². The molecule has 0 aliphatic carbocycles. The van der Waals surface area contributed by atoms with Crippen LogP contribution in [0.15, 0.2) is 12.2 Å². The van der Waals surface area contributed by atoms with Crippen molar-refractivity contribution < 1.29 is 9.53 Å². The van der Waals surface area contributed by atoms with Crippen molar-refractivity contribution in [1.29, 1.82) is 0 Å². The molecule has 0 rings (SSSR count). The molecule has 0 saturated heterocycles. The maximum atomic E-state index is 11.4. The summed E-state index contributed by atoms with van der Waals surface area (Å²) in [6, 6.07) is 0. The molecule has 94 valence electrons. The van der Waals surface area contributed by atoms with Crippen molar-refractivity contribution in [2.75, 3.05) is 7.11 Å². The molecule has 16 heavy (non-hydrogen) atoms. The summed E-state index contributed by atoms with van der Waals surface area (Å²) in [4.78, 5) is 11.4. The average Bonchev–Trinajstić information content (AvgIpc) is 2.31. The highest BCUT2D eigenvalue weighted by atomic mass is 16.5. The number of rotatable bonds is 9. The second kappa shape index (κ2) is 10.7. The summed E-state index contributed by atoms with van der Waals surface area (Å²) in [6.07, 6.45) is 11.9. The van der Waals surface area contributed by atoms with Crippen LogP contribution in [0.4, 0.5) is 0 Å². The molecule has 0 amide bonds. The number of hydrogen-bond acceptors (Lipinski definition) is 2. The summed E-state index contributed by atoms with van der Waals surface area (Å²) >= 11 is 0. The molecule has 0 aromatic heterocycles. The largest absolute Gasteiger partial charge is 0.469 e. The minimum atomic E-state index is -0.0422. The number of unbranched alkanes of at least 4 members (excludes halogenated alkanes) is 2. The van der Waals surface area contributed by atoms with Crippen molar-refractivity contribution in [1.82, 2.24) is 0 Å². The van der Waals surface area contributed by atoms with Crippen LogP contribution in [-0.4, -0.2) is 13.1 Å². The number of carbonyl (C=O) groups excluding carboxylic acids is 1. The number of hydrogen-bond donors (Lipinski definition) is 0. The van der Waals surface area contributed by atoms with E-state index in [1.165, 1.54) is 13.5 Å². The zero-order valence-electron chi connectivity index (χ0n) is 11.0. The zero-order valence-corrected chi connectivity index (χ0v) is 11.0. The molecular formula is C14H26O2. The van der Waals surface area contributed by atoms with E-state index >= 15 is 0 Å². The third kappa shape index (κ3) is 7.49. The Hall–Kier alpha value is -0.790. The molecule has 0 aromatic carbocycles. The molecule has 0 heterocycles. The average molecular weight is 226 g/mol. The van der Waals surface area contributed by atoms with E-state index in [1.54, 1.807) is 0 Å². The topological polar surface area (TPSA) is 26.3 Å². The molecule has 2 nitrogen and oxygen atoms in total. The molecule has 0 fully saturated rings. The smallest absolute Gasteiger partial charge is 0.308 e. The van der Waals surface area contributed by atoms with E-state index in [0.29, 0.717) is 0 Å². The van der Waals surface area contributed by atoms with Crippen molar-refractivity contribution in [2.45, 2.75) is 58.8 Å². The fourth-order valence-electron chi connectivity index (χ4n) is 1.78. The molecule has 0 bridgehead atoms. The summed E-state index contributed by atoms with van der Waals surface area (Å²) in [7, 11) is 1.48. The lowest BCUT2D eigenvalue weighted by atomic mass is 9.97. The monoisotopic (exact) mass is 226 g/mol. The van der Waals surface area contributed by atoms with E-state index in [9.17, 15) is 4.79 Å². The third-order valence-corrected chi connectivity index (χ3v) is 2.72. The molecule has 0 aliphatic rings.